The van der Waals surface area contributed by atoms with E-state index in [2.05, 4.69) is 0 Å². The van der Waals surface area contributed by atoms with Crippen molar-refractivity contribution in [3.63, 3.8) is 0 Å². The molecule has 0 bridgehead atoms. The van der Waals surface area contributed by atoms with E-state index in [0.717, 1.165) is 12.1 Å². The Morgan fingerprint density at radius 3 is 2.57 bits per heavy atom. The van der Waals surface area contributed by atoms with Crippen LogP contribution in [0.4, 0.5) is 4.39 Å². The summed E-state index contributed by atoms with van der Waals surface area (Å²) in [7, 11) is 1.97. The highest BCUT2D eigenvalue weighted by atomic mass is 19.1. The Balaban J connectivity index is 2.15. The van der Waals surface area contributed by atoms with Gasteiger partial charge in [-0.1, -0.05) is 12.1 Å². The lowest BCUT2D eigenvalue weighted by Gasteiger charge is -1.96. The maximum atomic E-state index is 12.6. The molecule has 1 aromatic carbocycles. The highest BCUT2D eigenvalue weighted by Gasteiger charge is 2.01. The Morgan fingerprint density at radius 1 is 1.29 bits per heavy atom. The van der Waals surface area contributed by atoms with E-state index in [1.54, 1.807) is 12.1 Å². The number of hydrogen-bond donors (Lipinski definition) is 0. The molecule has 0 radical (unpaired) electrons. The third-order valence-electron chi connectivity index (χ3n) is 2.10. The van der Waals surface area contributed by atoms with E-state index in [9.17, 15) is 4.39 Å². The fourth-order valence-corrected chi connectivity index (χ4v) is 1.40. The molecule has 0 spiro atoms. The highest BCUT2D eigenvalue weighted by molar-refractivity contribution is 5.16. The van der Waals surface area contributed by atoms with Crippen LogP contribution in [0.2, 0.25) is 0 Å². The third-order valence-corrected chi connectivity index (χ3v) is 2.10. The van der Waals surface area contributed by atoms with E-state index in [1.807, 2.05) is 34.9 Å². The summed E-state index contributed by atoms with van der Waals surface area (Å²) >= 11 is 0. The van der Waals surface area contributed by atoms with E-state index in [-0.39, 0.29) is 5.82 Å². The van der Waals surface area contributed by atoms with Gasteiger partial charge in [0.2, 0.25) is 6.33 Å². The number of imidazole rings is 1. The van der Waals surface area contributed by atoms with Crippen molar-refractivity contribution < 1.29 is 8.96 Å². The average Bonchev–Trinajstić information content (AvgIpc) is 2.56. The van der Waals surface area contributed by atoms with Gasteiger partial charge < -0.3 is 0 Å². The normalized spacial score (nSPS) is 10.4. The largest absolute Gasteiger partial charge is 0.243 e. The number of aromatic nitrogens is 2. The number of rotatable bonds is 2. The standard InChI is InChI=1S/C11H12FN2/c1-13-6-7-14(9-13)8-10-2-4-11(12)5-3-10/h2-7,9H,8H2,1H3/q+1. The molecule has 2 nitrogen and oxygen atoms in total. The molecule has 2 aromatic rings. The molecule has 0 amide bonds. The van der Waals surface area contributed by atoms with E-state index in [4.69, 9.17) is 0 Å². The number of aryl methyl sites for hydroxylation is 1. The fraction of sp³-hybridized carbons (Fsp3) is 0.182. The summed E-state index contributed by atoms with van der Waals surface area (Å²) < 4.78 is 16.6. The smallest absolute Gasteiger partial charge is 0.240 e. The molecule has 0 unspecified atom stereocenters. The van der Waals surface area contributed by atoms with Crippen LogP contribution in [-0.4, -0.2) is 4.57 Å². The first kappa shape index (κ1) is 8.94. The molecule has 0 saturated heterocycles. The summed E-state index contributed by atoms with van der Waals surface area (Å²) in [5.41, 5.74) is 1.10. The Labute approximate surface area is 82.2 Å². The molecule has 0 aliphatic heterocycles. The number of nitrogens with zero attached hydrogens (tertiary/aromatic N) is 2. The molecule has 2 rings (SSSR count). The molecule has 0 saturated carbocycles. The molecule has 0 aliphatic rings. The average molecular weight is 191 g/mol. The Bertz CT molecular complexity index is 417. The van der Waals surface area contributed by atoms with Crippen molar-refractivity contribution in [1.29, 1.82) is 0 Å². The van der Waals surface area contributed by atoms with Crippen LogP contribution in [-0.2, 0) is 13.6 Å². The molecule has 0 fully saturated rings. The predicted octanol–water partition coefficient (Wildman–Crippen LogP) is 1.50. The number of hydrogen-bond acceptors (Lipinski definition) is 0. The van der Waals surface area contributed by atoms with E-state index in [1.165, 1.54) is 12.1 Å². The molecule has 3 heteroatoms. The third kappa shape index (κ3) is 1.99. The summed E-state index contributed by atoms with van der Waals surface area (Å²) in [5, 5.41) is 0. The van der Waals surface area contributed by atoms with Gasteiger partial charge >= 0.3 is 0 Å². The van der Waals surface area contributed by atoms with E-state index < -0.39 is 0 Å². The van der Waals surface area contributed by atoms with Crippen molar-refractivity contribution in [3.8, 4) is 0 Å². The molecule has 1 aromatic heterocycles. The maximum Gasteiger partial charge on any atom is 0.243 e. The molecule has 14 heavy (non-hydrogen) atoms. The second-order valence-corrected chi connectivity index (χ2v) is 3.38. The van der Waals surface area contributed by atoms with Gasteiger partial charge in [0.1, 0.15) is 24.8 Å². The van der Waals surface area contributed by atoms with Gasteiger partial charge in [-0.05, 0) is 17.7 Å². The quantitative estimate of drug-likeness (QED) is 0.636. The first-order valence-electron chi connectivity index (χ1n) is 4.49. The van der Waals surface area contributed by atoms with Crippen LogP contribution < -0.4 is 4.57 Å². The second kappa shape index (κ2) is 3.62. The summed E-state index contributed by atoms with van der Waals surface area (Å²) in [6, 6.07) is 6.57. The number of benzene rings is 1. The lowest BCUT2D eigenvalue weighted by Crippen LogP contribution is -2.23. The summed E-state index contributed by atoms with van der Waals surface area (Å²) in [6.45, 7) is 0.779. The van der Waals surface area contributed by atoms with Crippen molar-refractivity contribution in [2.24, 2.45) is 7.05 Å². The first-order chi connectivity index (χ1) is 6.74. The lowest BCUT2D eigenvalue weighted by atomic mass is 10.2. The minimum Gasteiger partial charge on any atom is -0.240 e. The second-order valence-electron chi connectivity index (χ2n) is 3.38. The fourth-order valence-electron chi connectivity index (χ4n) is 1.40. The zero-order chi connectivity index (χ0) is 9.97. The molecule has 0 atom stereocenters. The van der Waals surface area contributed by atoms with Crippen molar-refractivity contribution in [2.75, 3.05) is 0 Å². The minimum absolute atomic E-state index is 0.188. The van der Waals surface area contributed by atoms with Gasteiger partial charge in [-0.3, -0.25) is 0 Å². The topological polar surface area (TPSA) is 8.81 Å². The zero-order valence-corrected chi connectivity index (χ0v) is 8.02. The lowest BCUT2D eigenvalue weighted by molar-refractivity contribution is -0.671. The molecule has 72 valence electrons. The van der Waals surface area contributed by atoms with Gasteiger partial charge in [0, 0.05) is 0 Å². The predicted molar refractivity (Wildman–Crippen MR) is 51.1 cm³/mol. The Hall–Kier alpha value is -1.64. The number of halogens is 1. The summed E-state index contributed by atoms with van der Waals surface area (Å²) in [5.74, 6) is -0.188. The Morgan fingerprint density at radius 2 is 2.00 bits per heavy atom. The summed E-state index contributed by atoms with van der Waals surface area (Å²) in [6.07, 6.45) is 5.95. The molecular formula is C11H12FN2+. The van der Waals surface area contributed by atoms with Gasteiger partial charge in [-0.15, -0.1) is 0 Å². The Kier molecular flexibility index (Phi) is 2.31. The van der Waals surface area contributed by atoms with Crippen LogP contribution in [0.5, 0.6) is 0 Å². The van der Waals surface area contributed by atoms with Gasteiger partial charge in [0.15, 0.2) is 0 Å². The van der Waals surface area contributed by atoms with Crippen LogP contribution in [0.1, 0.15) is 5.56 Å². The van der Waals surface area contributed by atoms with Crippen molar-refractivity contribution in [1.82, 2.24) is 4.57 Å². The molecule has 0 aliphatic carbocycles. The van der Waals surface area contributed by atoms with Crippen LogP contribution in [0.3, 0.4) is 0 Å². The van der Waals surface area contributed by atoms with Crippen LogP contribution in [0.15, 0.2) is 43.0 Å². The van der Waals surface area contributed by atoms with Crippen molar-refractivity contribution >= 4 is 0 Å². The molecule has 1 heterocycles. The molecule has 0 N–H and O–H groups in total. The first-order valence-corrected chi connectivity index (χ1v) is 4.49. The monoisotopic (exact) mass is 191 g/mol. The van der Waals surface area contributed by atoms with E-state index in [0.29, 0.717) is 0 Å². The van der Waals surface area contributed by atoms with Crippen LogP contribution >= 0.6 is 0 Å². The highest BCUT2D eigenvalue weighted by Crippen LogP contribution is 2.04. The van der Waals surface area contributed by atoms with E-state index >= 15 is 0 Å². The van der Waals surface area contributed by atoms with Gasteiger partial charge in [0.05, 0.1) is 7.05 Å². The molecular weight excluding hydrogens is 179 g/mol. The van der Waals surface area contributed by atoms with Gasteiger partial charge in [-0.2, -0.15) is 0 Å². The maximum absolute atomic E-state index is 12.6. The van der Waals surface area contributed by atoms with Crippen molar-refractivity contribution in [2.45, 2.75) is 6.54 Å². The zero-order valence-electron chi connectivity index (χ0n) is 8.02. The summed E-state index contributed by atoms with van der Waals surface area (Å²) in [4.78, 5) is 0. The van der Waals surface area contributed by atoms with Gasteiger partial charge in [-0.25, -0.2) is 13.5 Å². The SMILES string of the molecule is C[n+]1ccn(Cc2ccc(F)cc2)c1. The van der Waals surface area contributed by atoms with Gasteiger partial charge in [0.25, 0.3) is 0 Å². The minimum atomic E-state index is -0.188. The van der Waals surface area contributed by atoms with Crippen LogP contribution in [0.25, 0.3) is 0 Å². The van der Waals surface area contributed by atoms with Crippen molar-refractivity contribution in [3.05, 3.63) is 54.4 Å². The van der Waals surface area contributed by atoms with Crippen LogP contribution in [0, 0.1) is 5.82 Å².